The third-order valence-electron chi connectivity index (χ3n) is 4.80. The van der Waals surface area contributed by atoms with E-state index in [0.29, 0.717) is 32.8 Å². The molecule has 0 aliphatic rings. The number of nitrogen functional groups attached to an aromatic ring is 1. The third-order valence-corrected chi connectivity index (χ3v) is 7.28. The van der Waals surface area contributed by atoms with Crippen LogP contribution in [0.3, 0.4) is 0 Å². The number of rotatable bonds is 3. The number of nitrogens with zero attached hydrogens (tertiary/aromatic N) is 3. The minimum atomic E-state index is -3.83. The summed E-state index contributed by atoms with van der Waals surface area (Å²) in [6, 6.07) is 11.0. The highest BCUT2D eigenvalue weighted by atomic mass is 79.9. The van der Waals surface area contributed by atoms with Crippen molar-refractivity contribution < 1.29 is 8.42 Å². The minimum absolute atomic E-state index is 0.131. The molecule has 2 aromatic heterocycles. The molecule has 0 bridgehead atoms. The molecule has 0 unspecified atom stereocenters. The molecule has 4 rings (SSSR count). The minimum Gasteiger partial charge on any atom is -0.368 e. The number of hydrogen-bond acceptors (Lipinski definition) is 5. The second-order valence-electron chi connectivity index (χ2n) is 7.03. The summed E-state index contributed by atoms with van der Waals surface area (Å²) in [5.74, 6) is 0.131. The van der Waals surface area contributed by atoms with Gasteiger partial charge in [0.15, 0.2) is 0 Å². The van der Waals surface area contributed by atoms with Crippen LogP contribution < -0.4 is 5.73 Å². The van der Waals surface area contributed by atoms with Crippen LogP contribution in [0.4, 0.5) is 5.95 Å². The lowest BCUT2D eigenvalue weighted by Crippen LogP contribution is -2.15. The maximum Gasteiger partial charge on any atom is 0.268 e. The van der Waals surface area contributed by atoms with E-state index in [1.165, 1.54) is 3.97 Å². The highest BCUT2D eigenvalue weighted by Gasteiger charge is 2.26. The Bertz CT molecular complexity index is 1350. The number of hydrogen-bond donors (Lipinski definition) is 1. The predicted octanol–water partition coefficient (Wildman–Crippen LogP) is 4.61. The number of halogens is 1. The molecule has 4 aromatic rings. The van der Waals surface area contributed by atoms with Gasteiger partial charge in [0.2, 0.25) is 5.95 Å². The molecular weight excluding hydrogens is 452 g/mol. The first kappa shape index (κ1) is 19.6. The summed E-state index contributed by atoms with van der Waals surface area (Å²) in [4.78, 5) is 8.53. The van der Waals surface area contributed by atoms with Crippen LogP contribution in [-0.4, -0.2) is 22.4 Å². The van der Waals surface area contributed by atoms with Crippen LogP contribution in [0.25, 0.3) is 22.2 Å². The zero-order valence-electron chi connectivity index (χ0n) is 16.1. The van der Waals surface area contributed by atoms with E-state index in [9.17, 15) is 8.42 Å². The molecule has 29 heavy (non-hydrogen) atoms. The van der Waals surface area contributed by atoms with E-state index in [1.807, 2.05) is 45.0 Å². The fraction of sp³-hybridized carbons (Fsp3) is 0.143. The Balaban J connectivity index is 2.05. The molecule has 0 aliphatic heterocycles. The van der Waals surface area contributed by atoms with Crippen molar-refractivity contribution in [1.82, 2.24) is 13.9 Å². The Morgan fingerprint density at radius 1 is 1.03 bits per heavy atom. The molecule has 0 amide bonds. The van der Waals surface area contributed by atoms with Crippen LogP contribution in [0.15, 0.2) is 58.2 Å². The molecule has 2 aromatic carbocycles. The number of nitrogens with two attached hydrogens (primary N) is 1. The fourth-order valence-corrected chi connectivity index (χ4v) is 5.92. The second kappa shape index (κ2) is 6.96. The highest BCUT2D eigenvalue weighted by Crippen LogP contribution is 2.35. The van der Waals surface area contributed by atoms with Gasteiger partial charge in [-0.1, -0.05) is 33.6 Å². The molecular formula is C21H19BrN4O2S. The molecule has 8 heteroatoms. The lowest BCUT2D eigenvalue weighted by atomic mass is 10.1. The van der Waals surface area contributed by atoms with Crippen LogP contribution in [0.1, 0.15) is 16.7 Å². The number of aryl methyl sites for hydroxylation is 3. The summed E-state index contributed by atoms with van der Waals surface area (Å²) in [5.41, 5.74) is 10.0. The van der Waals surface area contributed by atoms with Gasteiger partial charge >= 0.3 is 0 Å². The van der Waals surface area contributed by atoms with Gasteiger partial charge in [0, 0.05) is 27.8 Å². The number of benzene rings is 2. The van der Waals surface area contributed by atoms with Gasteiger partial charge in [0.05, 0.1) is 16.1 Å². The third kappa shape index (κ3) is 3.32. The maximum atomic E-state index is 13.7. The summed E-state index contributed by atoms with van der Waals surface area (Å²) in [5, 5.41) is 0.753. The fourth-order valence-electron chi connectivity index (χ4n) is 3.77. The van der Waals surface area contributed by atoms with E-state index in [-0.39, 0.29) is 5.95 Å². The number of anilines is 1. The van der Waals surface area contributed by atoms with Crippen LogP contribution in [0.2, 0.25) is 0 Å². The Morgan fingerprint density at radius 2 is 1.72 bits per heavy atom. The first-order chi connectivity index (χ1) is 13.7. The van der Waals surface area contributed by atoms with E-state index in [2.05, 4.69) is 25.9 Å². The van der Waals surface area contributed by atoms with Crippen molar-refractivity contribution in [3.63, 3.8) is 0 Å². The average Bonchev–Trinajstić information content (AvgIpc) is 3.00. The molecule has 0 saturated carbocycles. The van der Waals surface area contributed by atoms with E-state index < -0.39 is 10.0 Å². The summed E-state index contributed by atoms with van der Waals surface area (Å²) in [6.45, 7) is 5.60. The Morgan fingerprint density at radius 3 is 2.38 bits per heavy atom. The van der Waals surface area contributed by atoms with Gasteiger partial charge in [-0.2, -0.15) is 0 Å². The van der Waals surface area contributed by atoms with Crippen LogP contribution >= 0.6 is 15.9 Å². The van der Waals surface area contributed by atoms with Gasteiger partial charge in [0.1, 0.15) is 0 Å². The lowest BCUT2D eigenvalue weighted by molar-refractivity contribution is 0.588. The van der Waals surface area contributed by atoms with Gasteiger partial charge in [-0.3, -0.25) is 0 Å². The summed E-state index contributed by atoms with van der Waals surface area (Å²) in [6.07, 6.45) is 3.16. The van der Waals surface area contributed by atoms with Gasteiger partial charge in [-0.05, 0) is 56.2 Å². The topological polar surface area (TPSA) is 90.9 Å². The zero-order valence-corrected chi connectivity index (χ0v) is 18.5. The van der Waals surface area contributed by atoms with Crippen molar-refractivity contribution in [2.75, 3.05) is 5.73 Å². The van der Waals surface area contributed by atoms with Crippen molar-refractivity contribution in [3.05, 3.63) is 70.0 Å². The molecule has 2 heterocycles. The molecule has 0 atom stereocenters. The molecule has 6 nitrogen and oxygen atoms in total. The first-order valence-electron chi connectivity index (χ1n) is 8.91. The monoisotopic (exact) mass is 470 g/mol. The highest BCUT2D eigenvalue weighted by molar-refractivity contribution is 9.10. The van der Waals surface area contributed by atoms with E-state index in [0.717, 1.165) is 15.4 Å². The first-order valence-corrected chi connectivity index (χ1v) is 11.1. The summed E-state index contributed by atoms with van der Waals surface area (Å²) >= 11 is 3.47. The number of aromatic nitrogens is 3. The Hall–Kier alpha value is -2.71. The molecule has 0 aliphatic carbocycles. The standard InChI is InChI=1S/C21H19BrN4O2S/c1-12-8-13(2)20(14(3)9-12)29(27,28)26-11-17(18-6-7-24-21(23)25-18)16-10-15(22)4-5-19(16)26/h4-11H,1-3H3,(H2,23,24,25). The molecule has 0 saturated heterocycles. The predicted molar refractivity (Wildman–Crippen MR) is 118 cm³/mol. The maximum absolute atomic E-state index is 13.7. The summed E-state index contributed by atoms with van der Waals surface area (Å²) < 4.78 is 29.5. The van der Waals surface area contributed by atoms with Gasteiger partial charge in [-0.25, -0.2) is 22.4 Å². The normalized spacial score (nSPS) is 11.9. The molecule has 0 radical (unpaired) electrons. The van der Waals surface area contributed by atoms with Gasteiger partial charge in [0.25, 0.3) is 10.0 Å². The van der Waals surface area contributed by atoms with Crippen molar-refractivity contribution in [1.29, 1.82) is 0 Å². The molecule has 148 valence electrons. The van der Waals surface area contributed by atoms with E-state index in [4.69, 9.17) is 5.73 Å². The largest absolute Gasteiger partial charge is 0.368 e. The zero-order chi connectivity index (χ0) is 20.9. The van der Waals surface area contributed by atoms with Crippen LogP contribution in [0, 0.1) is 20.8 Å². The lowest BCUT2D eigenvalue weighted by Gasteiger charge is -2.14. The van der Waals surface area contributed by atoms with Crippen molar-refractivity contribution in [3.8, 4) is 11.3 Å². The number of fused-ring (bicyclic) bond motifs is 1. The van der Waals surface area contributed by atoms with Gasteiger partial charge in [-0.15, -0.1) is 0 Å². The van der Waals surface area contributed by atoms with Crippen LogP contribution in [0.5, 0.6) is 0 Å². The molecule has 0 fully saturated rings. The van der Waals surface area contributed by atoms with E-state index >= 15 is 0 Å². The van der Waals surface area contributed by atoms with Crippen molar-refractivity contribution in [2.45, 2.75) is 25.7 Å². The van der Waals surface area contributed by atoms with E-state index in [1.54, 1.807) is 24.5 Å². The quantitative estimate of drug-likeness (QED) is 0.472. The average molecular weight is 471 g/mol. The van der Waals surface area contributed by atoms with Crippen molar-refractivity contribution >= 4 is 42.8 Å². The SMILES string of the molecule is Cc1cc(C)c(S(=O)(=O)n2cc(-c3ccnc(N)n3)c3cc(Br)ccc32)c(C)c1. The van der Waals surface area contributed by atoms with Gasteiger partial charge < -0.3 is 5.73 Å². The summed E-state index contributed by atoms with van der Waals surface area (Å²) in [7, 11) is -3.83. The Labute approximate surface area is 177 Å². The molecule has 0 spiro atoms. The van der Waals surface area contributed by atoms with Crippen LogP contribution in [-0.2, 0) is 10.0 Å². The Kier molecular flexibility index (Phi) is 4.71. The smallest absolute Gasteiger partial charge is 0.268 e. The second-order valence-corrected chi connectivity index (χ2v) is 9.70. The molecule has 2 N–H and O–H groups in total. The van der Waals surface area contributed by atoms with Crippen molar-refractivity contribution in [2.24, 2.45) is 0 Å².